The first-order chi connectivity index (χ1) is 13.0. The number of benzene rings is 2. The topological polar surface area (TPSA) is 60.7 Å². The highest BCUT2D eigenvalue weighted by atomic mass is 79.9. The largest absolute Gasteiger partial charge is 0.465 e. The molecule has 1 amide bonds. The molecule has 8 heteroatoms. The van der Waals surface area contributed by atoms with Crippen molar-refractivity contribution in [1.29, 1.82) is 0 Å². The number of thioether (sulfide) groups is 1. The van der Waals surface area contributed by atoms with Gasteiger partial charge in [-0.2, -0.15) is 4.99 Å². The fourth-order valence-electron chi connectivity index (χ4n) is 2.51. The third-order valence-corrected chi connectivity index (χ3v) is 6.05. The van der Waals surface area contributed by atoms with Crippen LogP contribution < -0.4 is 4.80 Å². The summed E-state index contributed by atoms with van der Waals surface area (Å²) in [5, 5.41) is 0. The lowest BCUT2D eigenvalue weighted by Crippen LogP contribution is -2.23. The first kappa shape index (κ1) is 19.9. The molecule has 0 atom stereocenters. The van der Waals surface area contributed by atoms with E-state index < -0.39 is 0 Å². The molecular weight excluding hydrogens is 448 g/mol. The monoisotopic (exact) mass is 464 g/mol. The maximum atomic E-state index is 12.6. The Labute approximate surface area is 173 Å². The van der Waals surface area contributed by atoms with E-state index in [1.807, 2.05) is 36.6 Å². The molecule has 0 radical (unpaired) electrons. The smallest absolute Gasteiger partial charge is 0.326 e. The van der Waals surface area contributed by atoms with Gasteiger partial charge in [-0.25, -0.2) is 0 Å². The Kier molecular flexibility index (Phi) is 6.51. The van der Waals surface area contributed by atoms with Crippen LogP contribution in [0.5, 0.6) is 0 Å². The van der Waals surface area contributed by atoms with Gasteiger partial charge >= 0.3 is 5.97 Å². The Morgan fingerprint density at radius 2 is 1.96 bits per heavy atom. The van der Waals surface area contributed by atoms with Crippen molar-refractivity contribution >= 4 is 61.1 Å². The number of esters is 1. The molecule has 0 bridgehead atoms. The number of nitrogens with zero attached hydrogens (tertiary/aromatic N) is 2. The summed E-state index contributed by atoms with van der Waals surface area (Å²) >= 11 is 6.42. The lowest BCUT2D eigenvalue weighted by atomic mass is 10.2. The molecule has 0 fully saturated rings. The van der Waals surface area contributed by atoms with Crippen LogP contribution in [0.15, 0.2) is 56.8 Å². The molecule has 1 aromatic heterocycles. The van der Waals surface area contributed by atoms with Crippen LogP contribution >= 0.6 is 39.0 Å². The van der Waals surface area contributed by atoms with E-state index in [1.165, 1.54) is 11.3 Å². The van der Waals surface area contributed by atoms with E-state index in [0.717, 1.165) is 19.6 Å². The number of carbonyl (C=O) groups is 2. The summed E-state index contributed by atoms with van der Waals surface area (Å²) in [6.45, 7) is 2.08. The van der Waals surface area contributed by atoms with Crippen molar-refractivity contribution < 1.29 is 14.3 Å². The van der Waals surface area contributed by atoms with E-state index in [1.54, 1.807) is 35.4 Å². The van der Waals surface area contributed by atoms with Gasteiger partial charge in [0, 0.05) is 14.9 Å². The molecule has 0 spiro atoms. The fraction of sp³-hybridized carbons (Fsp3) is 0.211. The number of amides is 1. The molecule has 0 saturated carbocycles. The number of rotatable bonds is 5. The van der Waals surface area contributed by atoms with Crippen molar-refractivity contribution in [2.75, 3.05) is 12.9 Å². The van der Waals surface area contributed by atoms with Gasteiger partial charge in [0.25, 0.3) is 5.91 Å². The van der Waals surface area contributed by atoms with Crippen LogP contribution in [0, 0.1) is 0 Å². The summed E-state index contributed by atoms with van der Waals surface area (Å²) in [6.07, 6.45) is 1.98. The van der Waals surface area contributed by atoms with Gasteiger partial charge in [-0.05, 0) is 55.6 Å². The quantitative estimate of drug-likeness (QED) is 0.412. The van der Waals surface area contributed by atoms with Crippen molar-refractivity contribution in [3.05, 3.63) is 57.3 Å². The SMILES string of the molecule is CCOC(=O)Cn1c(=NC(=O)c2ccc(SC)cc2)sc2cc(Br)ccc21. The minimum atomic E-state index is -0.363. The van der Waals surface area contributed by atoms with Crippen molar-refractivity contribution in [2.45, 2.75) is 18.4 Å². The third-order valence-electron chi connectivity index (χ3n) is 3.77. The Bertz CT molecular complexity index is 1050. The Hall–Kier alpha value is -1.90. The van der Waals surface area contributed by atoms with Crippen LogP contribution in [-0.2, 0) is 16.1 Å². The van der Waals surface area contributed by atoms with Gasteiger partial charge in [0.1, 0.15) is 6.54 Å². The molecule has 0 aliphatic rings. The fourth-order valence-corrected chi connectivity index (χ4v) is 4.49. The Morgan fingerprint density at radius 1 is 1.22 bits per heavy atom. The molecule has 5 nitrogen and oxygen atoms in total. The van der Waals surface area contributed by atoms with E-state index >= 15 is 0 Å². The van der Waals surface area contributed by atoms with Crippen LogP contribution in [0.2, 0.25) is 0 Å². The Balaban J connectivity index is 2.06. The number of fused-ring (bicyclic) bond motifs is 1. The molecule has 0 aliphatic carbocycles. The normalized spacial score (nSPS) is 11.7. The molecule has 1 heterocycles. The Morgan fingerprint density at radius 3 is 2.63 bits per heavy atom. The third kappa shape index (κ3) is 4.69. The van der Waals surface area contributed by atoms with E-state index in [4.69, 9.17) is 4.74 Å². The molecule has 0 N–H and O–H groups in total. The van der Waals surface area contributed by atoms with Gasteiger partial charge in [-0.3, -0.25) is 9.59 Å². The number of thiazole rings is 1. The predicted octanol–water partition coefficient (Wildman–Crippen LogP) is 4.49. The molecule has 3 aromatic rings. The molecular formula is C19H17BrN2O3S2. The van der Waals surface area contributed by atoms with Crippen LogP contribution in [0.4, 0.5) is 0 Å². The number of aromatic nitrogens is 1. The summed E-state index contributed by atoms with van der Waals surface area (Å²) in [5.41, 5.74) is 1.34. The second-order valence-electron chi connectivity index (χ2n) is 5.53. The zero-order chi connectivity index (χ0) is 19.4. The van der Waals surface area contributed by atoms with Gasteiger partial charge in [0.2, 0.25) is 0 Å². The van der Waals surface area contributed by atoms with E-state index in [9.17, 15) is 9.59 Å². The second-order valence-corrected chi connectivity index (χ2v) is 8.34. The summed E-state index contributed by atoms with van der Waals surface area (Å²) < 4.78 is 8.64. The van der Waals surface area contributed by atoms with E-state index in [0.29, 0.717) is 17.0 Å². The minimum Gasteiger partial charge on any atom is -0.465 e. The molecule has 27 heavy (non-hydrogen) atoms. The highest BCUT2D eigenvalue weighted by Crippen LogP contribution is 2.22. The number of hydrogen-bond acceptors (Lipinski definition) is 5. The predicted molar refractivity (Wildman–Crippen MR) is 112 cm³/mol. The number of hydrogen-bond donors (Lipinski definition) is 0. The highest BCUT2D eigenvalue weighted by Gasteiger charge is 2.13. The minimum absolute atomic E-state index is 0.00694. The maximum Gasteiger partial charge on any atom is 0.326 e. The summed E-state index contributed by atoms with van der Waals surface area (Å²) in [6, 6.07) is 13.0. The molecule has 140 valence electrons. The highest BCUT2D eigenvalue weighted by molar-refractivity contribution is 9.10. The number of ether oxygens (including phenoxy) is 1. The summed E-state index contributed by atoms with van der Waals surface area (Å²) in [5.74, 6) is -0.704. The van der Waals surface area contributed by atoms with Crippen LogP contribution in [-0.4, -0.2) is 29.3 Å². The van der Waals surface area contributed by atoms with E-state index in [-0.39, 0.29) is 18.4 Å². The van der Waals surface area contributed by atoms with Gasteiger partial charge in [0.15, 0.2) is 4.80 Å². The molecule has 0 saturated heterocycles. The van der Waals surface area contributed by atoms with Gasteiger partial charge in [-0.15, -0.1) is 11.8 Å². The second kappa shape index (κ2) is 8.86. The molecule has 0 unspecified atom stereocenters. The average molecular weight is 465 g/mol. The van der Waals surface area contributed by atoms with E-state index in [2.05, 4.69) is 20.9 Å². The zero-order valence-corrected chi connectivity index (χ0v) is 18.0. The van der Waals surface area contributed by atoms with Gasteiger partial charge in [-0.1, -0.05) is 27.3 Å². The molecule has 2 aromatic carbocycles. The lowest BCUT2D eigenvalue weighted by Gasteiger charge is -2.05. The summed E-state index contributed by atoms with van der Waals surface area (Å²) in [4.78, 5) is 30.5. The number of carbonyl (C=O) groups excluding carboxylic acids is 2. The van der Waals surface area contributed by atoms with Crippen molar-refractivity contribution in [3.63, 3.8) is 0 Å². The van der Waals surface area contributed by atoms with Crippen LogP contribution in [0.25, 0.3) is 10.2 Å². The van der Waals surface area contributed by atoms with Crippen molar-refractivity contribution in [3.8, 4) is 0 Å². The molecule has 3 rings (SSSR count). The average Bonchev–Trinajstić information content (AvgIpc) is 2.98. The lowest BCUT2D eigenvalue weighted by molar-refractivity contribution is -0.143. The van der Waals surface area contributed by atoms with Crippen molar-refractivity contribution in [2.24, 2.45) is 4.99 Å². The van der Waals surface area contributed by atoms with Gasteiger partial charge in [0.05, 0.1) is 16.8 Å². The first-order valence-electron chi connectivity index (χ1n) is 8.19. The first-order valence-corrected chi connectivity index (χ1v) is 11.0. The molecule has 0 aliphatic heterocycles. The van der Waals surface area contributed by atoms with Crippen molar-refractivity contribution in [1.82, 2.24) is 4.57 Å². The van der Waals surface area contributed by atoms with Crippen LogP contribution in [0.1, 0.15) is 17.3 Å². The summed E-state index contributed by atoms with van der Waals surface area (Å²) in [7, 11) is 0. The number of halogens is 1. The van der Waals surface area contributed by atoms with Gasteiger partial charge < -0.3 is 9.30 Å². The zero-order valence-electron chi connectivity index (χ0n) is 14.8. The van der Waals surface area contributed by atoms with Crippen LogP contribution in [0.3, 0.4) is 0 Å². The standard InChI is InChI=1S/C19H17BrN2O3S2/c1-3-25-17(23)11-22-15-9-6-13(20)10-16(15)27-19(22)21-18(24)12-4-7-14(26-2)8-5-12/h4-10H,3,11H2,1-2H3. The maximum absolute atomic E-state index is 12.6.